The summed E-state index contributed by atoms with van der Waals surface area (Å²) in [5, 5.41) is 0. The summed E-state index contributed by atoms with van der Waals surface area (Å²) in [6.07, 6.45) is 1.87. The Morgan fingerprint density at radius 2 is 1.72 bits per heavy atom. The van der Waals surface area contributed by atoms with E-state index in [1.54, 1.807) is 31.3 Å². The molecule has 3 rings (SSSR count). The maximum atomic E-state index is 13.3. The molecule has 0 aromatic heterocycles. The topological polar surface area (TPSA) is 103 Å². The highest BCUT2D eigenvalue weighted by atomic mass is 32.2. The van der Waals surface area contributed by atoms with E-state index in [1.807, 2.05) is 51.1 Å². The molecule has 0 saturated carbocycles. The van der Waals surface area contributed by atoms with Crippen LogP contribution in [0.1, 0.15) is 58.6 Å². The van der Waals surface area contributed by atoms with Crippen molar-refractivity contribution in [2.75, 3.05) is 40.5 Å². The fraction of sp³-hybridized carbons (Fsp3) is 0.606. The zero-order chi connectivity index (χ0) is 31.6. The third kappa shape index (κ3) is 11.3. The van der Waals surface area contributed by atoms with E-state index in [0.29, 0.717) is 42.7 Å². The van der Waals surface area contributed by atoms with Crippen LogP contribution in [0.3, 0.4) is 0 Å². The molecule has 43 heavy (non-hydrogen) atoms. The van der Waals surface area contributed by atoms with Gasteiger partial charge in [-0.1, -0.05) is 50.2 Å². The smallest absolute Gasteiger partial charge is 0.410 e. The minimum atomic E-state index is -3.64. The maximum absolute atomic E-state index is 13.3. The fourth-order valence-corrected chi connectivity index (χ4v) is 6.86. The van der Waals surface area contributed by atoms with Crippen molar-refractivity contribution < 1.29 is 32.2 Å². The number of methoxy groups -OCH3 is 2. The van der Waals surface area contributed by atoms with Crippen molar-refractivity contribution in [3.63, 3.8) is 0 Å². The minimum Gasteiger partial charge on any atom is -0.493 e. The van der Waals surface area contributed by atoms with Crippen molar-refractivity contribution in [1.29, 1.82) is 0 Å². The van der Waals surface area contributed by atoms with Crippen LogP contribution in [0.5, 0.6) is 11.5 Å². The summed E-state index contributed by atoms with van der Waals surface area (Å²) in [5.74, 6) is 1.75. The lowest BCUT2D eigenvalue weighted by Gasteiger charge is -2.28. The Morgan fingerprint density at radius 3 is 2.35 bits per heavy atom. The van der Waals surface area contributed by atoms with Gasteiger partial charge in [0.15, 0.2) is 11.5 Å². The summed E-state index contributed by atoms with van der Waals surface area (Å²) < 4.78 is 51.8. The molecular formula is C33H50N2O7S. The minimum absolute atomic E-state index is 0.0755. The van der Waals surface area contributed by atoms with Gasteiger partial charge in [0.05, 0.1) is 19.5 Å². The van der Waals surface area contributed by atoms with Gasteiger partial charge in [0.25, 0.3) is 0 Å². The number of sulfonamides is 1. The first-order valence-electron chi connectivity index (χ1n) is 15.1. The molecule has 1 fully saturated rings. The Hall–Kier alpha value is -2.82. The van der Waals surface area contributed by atoms with E-state index in [-0.39, 0.29) is 24.1 Å². The van der Waals surface area contributed by atoms with Crippen LogP contribution < -0.4 is 14.2 Å². The van der Waals surface area contributed by atoms with Gasteiger partial charge in [0, 0.05) is 39.3 Å². The molecule has 1 aliphatic rings. The summed E-state index contributed by atoms with van der Waals surface area (Å²) in [6, 6.07) is 14.7. The fourth-order valence-electron chi connectivity index (χ4n) is 5.41. The molecule has 0 bridgehead atoms. The number of nitrogens with one attached hydrogen (secondary N) is 1. The number of carbonyl (C=O) groups is 1. The summed E-state index contributed by atoms with van der Waals surface area (Å²) in [6.45, 7) is 11.7. The molecule has 0 radical (unpaired) electrons. The molecule has 2 aromatic carbocycles. The lowest BCUT2D eigenvalue weighted by molar-refractivity contribution is 0.0284. The van der Waals surface area contributed by atoms with Crippen LogP contribution in [0, 0.1) is 17.8 Å². The van der Waals surface area contributed by atoms with E-state index >= 15 is 0 Å². The quantitative estimate of drug-likeness (QED) is 0.257. The molecule has 2 aromatic rings. The van der Waals surface area contributed by atoms with E-state index in [4.69, 9.17) is 18.9 Å². The van der Waals surface area contributed by atoms with Crippen molar-refractivity contribution in [1.82, 2.24) is 9.62 Å². The van der Waals surface area contributed by atoms with E-state index in [9.17, 15) is 13.2 Å². The molecule has 1 heterocycles. The van der Waals surface area contributed by atoms with Crippen LogP contribution in [0.4, 0.5) is 4.79 Å². The van der Waals surface area contributed by atoms with Crippen LogP contribution in [0.2, 0.25) is 0 Å². The Balaban J connectivity index is 1.79. The number of amides is 1. The van der Waals surface area contributed by atoms with E-state index in [1.165, 1.54) is 0 Å². The van der Waals surface area contributed by atoms with Gasteiger partial charge in [0.2, 0.25) is 10.0 Å². The molecule has 1 unspecified atom stereocenters. The van der Waals surface area contributed by atoms with Gasteiger partial charge >= 0.3 is 6.09 Å². The predicted octanol–water partition coefficient (Wildman–Crippen LogP) is 5.67. The van der Waals surface area contributed by atoms with Gasteiger partial charge in [-0.2, -0.15) is 0 Å². The third-order valence-electron chi connectivity index (χ3n) is 7.65. The van der Waals surface area contributed by atoms with E-state index in [0.717, 1.165) is 24.8 Å². The Bertz CT molecular complexity index is 1260. The predicted molar refractivity (Wildman–Crippen MR) is 169 cm³/mol. The van der Waals surface area contributed by atoms with Gasteiger partial charge in [-0.15, -0.1) is 0 Å². The molecule has 9 nitrogen and oxygen atoms in total. The van der Waals surface area contributed by atoms with Gasteiger partial charge in [-0.05, 0) is 74.6 Å². The molecule has 1 amide bonds. The highest BCUT2D eigenvalue weighted by Crippen LogP contribution is 2.34. The number of hydrogen-bond donors (Lipinski definition) is 1. The highest BCUT2D eigenvalue weighted by Gasteiger charge is 2.40. The molecule has 1 saturated heterocycles. The zero-order valence-electron chi connectivity index (χ0n) is 26.8. The average molecular weight is 619 g/mol. The number of nitrogens with zero attached hydrogens (tertiary/aromatic N) is 1. The number of rotatable bonds is 15. The first-order chi connectivity index (χ1) is 20.3. The Morgan fingerprint density at radius 1 is 1.00 bits per heavy atom. The molecular weight excluding hydrogens is 568 g/mol. The summed E-state index contributed by atoms with van der Waals surface area (Å²) in [4.78, 5) is 14.7. The van der Waals surface area contributed by atoms with Crippen LogP contribution in [-0.2, 0) is 31.7 Å². The zero-order valence-corrected chi connectivity index (χ0v) is 27.6. The molecule has 0 spiro atoms. The van der Waals surface area contributed by atoms with Crippen LogP contribution in [-0.4, -0.2) is 71.6 Å². The normalized spacial score (nSPS) is 18.1. The van der Waals surface area contributed by atoms with E-state index in [2.05, 4.69) is 24.6 Å². The second-order valence-corrected chi connectivity index (χ2v) is 14.5. The monoisotopic (exact) mass is 618 g/mol. The van der Waals surface area contributed by atoms with Gasteiger partial charge in [-0.25, -0.2) is 17.9 Å². The van der Waals surface area contributed by atoms with E-state index < -0.39 is 27.8 Å². The van der Waals surface area contributed by atoms with Crippen molar-refractivity contribution in [3.05, 3.63) is 59.7 Å². The number of carbonyl (C=O) groups excluding carboxylic acids is 1. The lowest BCUT2D eigenvalue weighted by Crippen LogP contribution is -2.42. The first kappa shape index (κ1) is 34.7. The molecule has 1 N–H and O–H groups in total. The van der Waals surface area contributed by atoms with Crippen molar-refractivity contribution >= 4 is 16.1 Å². The lowest BCUT2D eigenvalue weighted by atomic mass is 9.81. The van der Waals surface area contributed by atoms with Crippen LogP contribution >= 0.6 is 0 Å². The highest BCUT2D eigenvalue weighted by molar-refractivity contribution is 7.88. The molecule has 0 aliphatic carbocycles. The number of benzene rings is 2. The Labute approximate surface area is 258 Å². The standard InChI is InChI=1S/C33H50N2O7S/c1-24(2)27(18-26-14-15-30(40-7)31(19-26)41-17-11-16-39-6)20-28-21-35(32(36)42-33(3,4)5)22-29(28)34-43(37,38)23-25-12-9-8-10-13-25/h8-10,12-15,19,24,27-29,34H,11,16-18,20-23H2,1-7H3/t27?,28-,29+/m0/s1. The molecule has 3 atom stereocenters. The van der Waals surface area contributed by atoms with Crippen molar-refractivity contribution in [2.24, 2.45) is 17.8 Å². The third-order valence-corrected chi connectivity index (χ3v) is 9.02. The second kappa shape index (κ2) is 15.8. The number of hydrogen-bond acceptors (Lipinski definition) is 7. The summed E-state index contributed by atoms with van der Waals surface area (Å²) in [7, 11) is -0.347. The Kier molecular flexibility index (Phi) is 12.7. The van der Waals surface area contributed by atoms with Gasteiger partial charge < -0.3 is 23.8 Å². The number of likely N-dealkylation sites (tertiary alicyclic amines) is 1. The van der Waals surface area contributed by atoms with Crippen molar-refractivity contribution in [3.8, 4) is 11.5 Å². The van der Waals surface area contributed by atoms with Crippen LogP contribution in [0.25, 0.3) is 0 Å². The number of ether oxygens (including phenoxy) is 4. The van der Waals surface area contributed by atoms with Gasteiger partial charge in [0.1, 0.15) is 5.60 Å². The molecule has 10 heteroatoms. The van der Waals surface area contributed by atoms with Gasteiger partial charge in [-0.3, -0.25) is 0 Å². The molecule has 1 aliphatic heterocycles. The summed E-state index contributed by atoms with van der Waals surface area (Å²) >= 11 is 0. The average Bonchev–Trinajstić information content (AvgIpc) is 3.31. The largest absolute Gasteiger partial charge is 0.493 e. The second-order valence-electron chi connectivity index (χ2n) is 12.7. The first-order valence-corrected chi connectivity index (χ1v) is 16.8. The summed E-state index contributed by atoms with van der Waals surface area (Å²) in [5.41, 5.74) is 1.19. The van der Waals surface area contributed by atoms with Crippen LogP contribution in [0.15, 0.2) is 48.5 Å². The molecule has 240 valence electrons. The maximum Gasteiger partial charge on any atom is 0.410 e. The van der Waals surface area contributed by atoms with Crippen molar-refractivity contribution in [2.45, 2.75) is 71.3 Å². The SMILES string of the molecule is COCCCOc1cc(CC(C[C@H]2CN(C(=O)OC(C)(C)C)C[C@H]2NS(=O)(=O)Cc2ccccc2)C(C)C)ccc1OC.